The minimum absolute atomic E-state index is 0.203. The molecule has 2 aromatic carbocycles. The van der Waals surface area contributed by atoms with Crippen LogP contribution in [0.15, 0.2) is 42.4 Å². The van der Waals surface area contributed by atoms with Crippen molar-refractivity contribution in [2.24, 2.45) is 0 Å². The first-order valence-corrected chi connectivity index (χ1v) is 16.1. The summed E-state index contributed by atoms with van der Waals surface area (Å²) in [6, 6.07) is 6.20. The van der Waals surface area contributed by atoms with Gasteiger partial charge >= 0.3 is 6.01 Å². The number of hydrogen-bond donors (Lipinski definition) is 2. The number of hydrogen-bond acceptors (Lipinski definition) is 8. The summed E-state index contributed by atoms with van der Waals surface area (Å²) in [5.74, 6) is 3.66. The molecule has 5 aliphatic heterocycles. The molecule has 46 heavy (non-hydrogen) atoms. The number of anilines is 3. The standard InChI is InChI=1S/C35H34F2N8O/c1-2-25-28(37)9-6-22-13-29-27(16-38-42-29)31(30(22)25)45-12-3-5-26-32(43-18-23-7-8-24(19-43)39-23)40-34(41-33(26)45)46-20-35-10-4-11-44(35)17-21(14-35)15-36/h1,3,5-6,9,13,15-16,23-24,39H,4,7-8,10-12,14,17-20H2,(H,38,42)/b21-15-/t23-,24+,35-/m0/s1. The molecule has 11 heteroatoms. The molecule has 7 heterocycles. The summed E-state index contributed by atoms with van der Waals surface area (Å²) in [5.41, 5.74) is 3.19. The van der Waals surface area contributed by atoms with E-state index < -0.39 is 5.82 Å². The van der Waals surface area contributed by atoms with E-state index in [0.29, 0.717) is 49.4 Å². The highest BCUT2D eigenvalue weighted by Crippen LogP contribution is 2.46. The molecule has 0 aliphatic carbocycles. The van der Waals surface area contributed by atoms with Crippen molar-refractivity contribution in [3.8, 4) is 18.4 Å². The van der Waals surface area contributed by atoms with Crippen molar-refractivity contribution in [3.05, 3.63) is 59.3 Å². The Balaban J connectivity index is 1.20. The molecule has 234 valence electrons. The second kappa shape index (κ2) is 10.5. The lowest BCUT2D eigenvalue weighted by molar-refractivity contribution is 0.107. The van der Waals surface area contributed by atoms with Crippen LogP contribution in [0.25, 0.3) is 27.8 Å². The second-order valence-electron chi connectivity index (χ2n) is 13.3. The van der Waals surface area contributed by atoms with Crippen molar-refractivity contribution in [1.29, 1.82) is 0 Å². The van der Waals surface area contributed by atoms with Gasteiger partial charge in [0.05, 0.1) is 40.4 Å². The van der Waals surface area contributed by atoms with Crippen LogP contribution < -0.4 is 19.9 Å². The third kappa shape index (κ3) is 4.23. The second-order valence-corrected chi connectivity index (χ2v) is 13.3. The Morgan fingerprint density at radius 2 is 2.02 bits per heavy atom. The minimum atomic E-state index is -0.450. The average Bonchev–Trinajstić information content (AvgIpc) is 3.85. The Morgan fingerprint density at radius 1 is 1.17 bits per heavy atom. The fourth-order valence-corrected chi connectivity index (χ4v) is 8.54. The summed E-state index contributed by atoms with van der Waals surface area (Å²) in [7, 11) is 0. The van der Waals surface area contributed by atoms with Gasteiger partial charge in [-0.25, -0.2) is 8.78 Å². The predicted octanol–water partition coefficient (Wildman–Crippen LogP) is 5.20. The van der Waals surface area contributed by atoms with Crippen molar-refractivity contribution in [2.45, 2.75) is 49.7 Å². The van der Waals surface area contributed by atoms with Crippen LogP contribution in [-0.2, 0) is 0 Å². The molecule has 4 aromatic rings. The summed E-state index contributed by atoms with van der Waals surface area (Å²) in [5, 5.41) is 13.4. The smallest absolute Gasteiger partial charge is 0.320 e. The number of terminal acetylenes is 1. The molecule has 0 unspecified atom stereocenters. The van der Waals surface area contributed by atoms with Crippen LogP contribution in [0.1, 0.15) is 43.2 Å². The van der Waals surface area contributed by atoms with E-state index in [0.717, 1.165) is 90.6 Å². The molecule has 2 aromatic heterocycles. The maximum absolute atomic E-state index is 15.3. The Kier molecular flexibility index (Phi) is 6.34. The number of fused-ring (bicyclic) bond motifs is 6. The van der Waals surface area contributed by atoms with Gasteiger partial charge in [-0.15, -0.1) is 6.42 Å². The first-order valence-electron chi connectivity index (χ1n) is 16.1. The third-order valence-corrected chi connectivity index (χ3v) is 10.6. The van der Waals surface area contributed by atoms with Gasteiger partial charge in [0.15, 0.2) is 0 Å². The van der Waals surface area contributed by atoms with Gasteiger partial charge < -0.3 is 19.9 Å². The lowest BCUT2D eigenvalue weighted by Crippen LogP contribution is -2.51. The van der Waals surface area contributed by atoms with Gasteiger partial charge in [0.2, 0.25) is 0 Å². The first kappa shape index (κ1) is 27.8. The maximum atomic E-state index is 15.3. The van der Waals surface area contributed by atoms with Crippen LogP contribution in [0, 0.1) is 18.2 Å². The Hall–Kier alpha value is -4.53. The number of piperazine rings is 1. The van der Waals surface area contributed by atoms with Crippen LogP contribution in [0.3, 0.4) is 0 Å². The summed E-state index contributed by atoms with van der Waals surface area (Å²) in [6.45, 7) is 4.09. The SMILES string of the molecule is C#Cc1c(F)ccc2cc3[nH]ncc3c(N3CC=Cc4c(N5C[C@H]6CC[C@@H](C5)N6)nc(OC[C@@]56CCCN5C/C(=C\F)C6)nc43)c12. The number of nitrogens with zero attached hydrogens (tertiary/aromatic N) is 6. The Morgan fingerprint density at radius 3 is 2.85 bits per heavy atom. The molecule has 2 bridgehead atoms. The topological polar surface area (TPSA) is 85.4 Å². The van der Waals surface area contributed by atoms with Gasteiger partial charge in [-0.2, -0.15) is 15.1 Å². The first-order chi connectivity index (χ1) is 22.5. The van der Waals surface area contributed by atoms with Crippen LogP contribution in [-0.4, -0.2) is 82.0 Å². The highest BCUT2D eigenvalue weighted by atomic mass is 19.1. The van der Waals surface area contributed by atoms with Crippen LogP contribution in [0.2, 0.25) is 0 Å². The van der Waals surface area contributed by atoms with E-state index in [-0.39, 0.29) is 17.1 Å². The number of nitrogens with one attached hydrogen (secondary N) is 2. The molecule has 0 saturated carbocycles. The fraction of sp³-hybridized carbons (Fsp3) is 0.400. The molecule has 9 rings (SSSR count). The van der Waals surface area contributed by atoms with Gasteiger partial charge in [0.25, 0.3) is 0 Å². The number of halogens is 2. The van der Waals surface area contributed by atoms with Gasteiger partial charge in [0, 0.05) is 49.0 Å². The molecule has 9 nitrogen and oxygen atoms in total. The van der Waals surface area contributed by atoms with Crippen LogP contribution >= 0.6 is 0 Å². The van der Waals surface area contributed by atoms with Crippen molar-refractivity contribution in [1.82, 2.24) is 30.4 Å². The van der Waals surface area contributed by atoms with E-state index in [1.165, 1.54) is 6.07 Å². The largest absolute Gasteiger partial charge is 0.461 e. The highest BCUT2D eigenvalue weighted by molar-refractivity contribution is 6.14. The molecule has 5 aliphatic rings. The van der Waals surface area contributed by atoms with Gasteiger partial charge in [0.1, 0.15) is 24.1 Å². The predicted molar refractivity (Wildman–Crippen MR) is 175 cm³/mol. The summed E-state index contributed by atoms with van der Waals surface area (Å²) in [4.78, 5) is 16.9. The van der Waals surface area contributed by atoms with Crippen LogP contribution in [0.5, 0.6) is 6.01 Å². The van der Waals surface area contributed by atoms with E-state index in [1.807, 2.05) is 6.07 Å². The Labute approximate surface area is 265 Å². The third-order valence-electron chi connectivity index (χ3n) is 10.6. The number of aromatic nitrogens is 4. The molecule has 4 saturated heterocycles. The van der Waals surface area contributed by atoms with Crippen LogP contribution in [0.4, 0.5) is 26.1 Å². The number of ether oxygens (including phenoxy) is 1. The molecule has 0 amide bonds. The fourth-order valence-electron chi connectivity index (χ4n) is 8.54. The quantitative estimate of drug-likeness (QED) is 0.295. The van der Waals surface area contributed by atoms with E-state index in [9.17, 15) is 4.39 Å². The van der Waals surface area contributed by atoms with E-state index in [4.69, 9.17) is 21.1 Å². The Bertz CT molecular complexity index is 1990. The molecule has 0 radical (unpaired) electrons. The monoisotopic (exact) mass is 620 g/mol. The summed E-state index contributed by atoms with van der Waals surface area (Å²) in [6.07, 6.45) is 17.5. The maximum Gasteiger partial charge on any atom is 0.320 e. The minimum Gasteiger partial charge on any atom is -0.461 e. The van der Waals surface area contributed by atoms with E-state index >= 15 is 4.39 Å². The van der Waals surface area contributed by atoms with Crippen molar-refractivity contribution >= 4 is 45.1 Å². The molecule has 4 fully saturated rings. The van der Waals surface area contributed by atoms with Crippen molar-refractivity contribution in [2.75, 3.05) is 49.1 Å². The summed E-state index contributed by atoms with van der Waals surface area (Å²) >= 11 is 0. The number of aromatic amines is 1. The number of H-pyrrole nitrogens is 1. The van der Waals surface area contributed by atoms with Gasteiger partial charge in [-0.05, 0) is 67.8 Å². The zero-order chi connectivity index (χ0) is 31.0. The van der Waals surface area contributed by atoms with Gasteiger partial charge in [-0.1, -0.05) is 18.1 Å². The van der Waals surface area contributed by atoms with Crippen molar-refractivity contribution in [3.63, 3.8) is 0 Å². The number of benzene rings is 2. The lowest BCUT2D eigenvalue weighted by Gasteiger charge is -2.37. The summed E-state index contributed by atoms with van der Waals surface area (Å²) < 4.78 is 35.4. The molecule has 0 spiro atoms. The molecular weight excluding hydrogens is 586 g/mol. The van der Waals surface area contributed by atoms with Crippen molar-refractivity contribution < 1.29 is 13.5 Å². The zero-order valence-corrected chi connectivity index (χ0v) is 25.4. The average molecular weight is 621 g/mol. The number of rotatable bonds is 5. The molecule has 3 atom stereocenters. The zero-order valence-electron chi connectivity index (χ0n) is 25.4. The normalized spacial score (nSPS) is 26.3. The molecular formula is C35H34F2N8O. The van der Waals surface area contributed by atoms with E-state index in [1.54, 1.807) is 12.3 Å². The highest BCUT2D eigenvalue weighted by Gasteiger charge is 2.47. The van der Waals surface area contributed by atoms with E-state index in [2.05, 4.69) is 48.3 Å². The lowest BCUT2D eigenvalue weighted by atomic mass is 9.94. The van der Waals surface area contributed by atoms with Gasteiger partial charge in [-0.3, -0.25) is 10.00 Å². The molecule has 2 N–H and O–H groups in total.